The minimum atomic E-state index is -0.858. The van der Waals surface area contributed by atoms with Gasteiger partial charge in [0.25, 0.3) is 0 Å². The van der Waals surface area contributed by atoms with Crippen molar-refractivity contribution in [3.05, 3.63) is 17.0 Å². The lowest BCUT2D eigenvalue weighted by Crippen LogP contribution is -2.65. The first-order valence-electron chi connectivity index (χ1n) is 8.49. The quantitative estimate of drug-likeness (QED) is 0.496. The smallest absolute Gasteiger partial charge is 0.343 e. The highest BCUT2D eigenvalue weighted by molar-refractivity contribution is 6.28. The molecule has 7 nitrogen and oxygen atoms in total. The standard InChI is InChI=1S/C17H18ClN3O4/c1-2-25-15(24)11-7-19-16(18)20-14(11)21-17-5-8-3-9(6-17)12(22)10(4-8)13(17)23/h7-10H,2-6H2,1H3,(H,19,20,21). The molecule has 4 fully saturated rings. The Labute approximate surface area is 149 Å². The van der Waals surface area contributed by atoms with E-state index in [1.54, 1.807) is 6.92 Å². The third-order valence-corrected chi connectivity index (χ3v) is 5.75. The van der Waals surface area contributed by atoms with E-state index in [4.69, 9.17) is 16.3 Å². The largest absolute Gasteiger partial charge is 0.462 e. The van der Waals surface area contributed by atoms with Crippen LogP contribution in [0, 0.1) is 17.8 Å². The van der Waals surface area contributed by atoms with Crippen molar-refractivity contribution >= 4 is 35.0 Å². The lowest BCUT2D eigenvalue weighted by molar-refractivity contribution is -0.153. The zero-order chi connectivity index (χ0) is 17.8. The van der Waals surface area contributed by atoms with Crippen molar-refractivity contribution in [2.24, 2.45) is 17.8 Å². The monoisotopic (exact) mass is 363 g/mol. The summed E-state index contributed by atoms with van der Waals surface area (Å²) in [6.07, 6.45) is 3.89. The second-order valence-corrected chi connectivity index (χ2v) is 7.43. The second kappa shape index (κ2) is 5.76. The molecule has 4 saturated carbocycles. The number of hydrogen-bond donors (Lipinski definition) is 1. The van der Waals surface area contributed by atoms with Crippen molar-refractivity contribution in [1.29, 1.82) is 0 Å². The summed E-state index contributed by atoms with van der Waals surface area (Å²) in [5.74, 6) is -0.668. The van der Waals surface area contributed by atoms with E-state index < -0.39 is 17.4 Å². The summed E-state index contributed by atoms with van der Waals surface area (Å²) < 4.78 is 5.03. The first-order valence-corrected chi connectivity index (χ1v) is 8.87. The highest BCUT2D eigenvalue weighted by Crippen LogP contribution is 2.53. The van der Waals surface area contributed by atoms with Gasteiger partial charge in [-0.3, -0.25) is 9.59 Å². The van der Waals surface area contributed by atoms with Crippen molar-refractivity contribution in [3.8, 4) is 0 Å². The molecule has 4 unspecified atom stereocenters. The molecule has 4 aliphatic rings. The van der Waals surface area contributed by atoms with Crippen LogP contribution in [0.5, 0.6) is 0 Å². The second-order valence-electron chi connectivity index (χ2n) is 7.09. The average Bonchev–Trinajstić information content (AvgIpc) is 2.56. The van der Waals surface area contributed by atoms with Crippen molar-refractivity contribution < 1.29 is 19.1 Å². The van der Waals surface area contributed by atoms with E-state index in [9.17, 15) is 14.4 Å². The first-order chi connectivity index (χ1) is 11.9. The fourth-order valence-corrected chi connectivity index (χ4v) is 4.80. The number of ether oxygens (including phenoxy) is 1. The third kappa shape index (κ3) is 2.52. The zero-order valence-electron chi connectivity index (χ0n) is 13.8. The molecule has 1 N–H and O–H groups in total. The van der Waals surface area contributed by atoms with Crippen molar-refractivity contribution in [2.45, 2.75) is 38.1 Å². The molecule has 5 rings (SSSR count). The molecule has 0 amide bonds. The van der Waals surface area contributed by atoms with Crippen LogP contribution in [0.4, 0.5) is 5.82 Å². The Morgan fingerprint density at radius 3 is 2.96 bits per heavy atom. The fraction of sp³-hybridized carbons (Fsp3) is 0.588. The maximum atomic E-state index is 12.9. The molecule has 0 spiro atoms. The Morgan fingerprint density at radius 1 is 1.40 bits per heavy atom. The molecular formula is C17H18ClN3O4. The van der Waals surface area contributed by atoms with Crippen LogP contribution in [0.15, 0.2) is 6.20 Å². The highest BCUT2D eigenvalue weighted by atomic mass is 35.5. The minimum Gasteiger partial charge on any atom is -0.462 e. The van der Waals surface area contributed by atoms with Gasteiger partial charge in [0.15, 0.2) is 5.78 Å². The van der Waals surface area contributed by atoms with Crippen molar-refractivity contribution in [2.75, 3.05) is 11.9 Å². The normalized spacial score (nSPS) is 32.8. The third-order valence-electron chi connectivity index (χ3n) is 5.57. The number of anilines is 1. The van der Waals surface area contributed by atoms with Gasteiger partial charge in [0, 0.05) is 12.1 Å². The van der Waals surface area contributed by atoms with E-state index in [0.29, 0.717) is 25.2 Å². The Hall–Kier alpha value is -2.02. The summed E-state index contributed by atoms with van der Waals surface area (Å²) in [4.78, 5) is 45.4. The molecule has 8 heteroatoms. The van der Waals surface area contributed by atoms with Gasteiger partial charge in [-0.25, -0.2) is 9.78 Å². The number of nitrogens with one attached hydrogen (secondary N) is 1. The number of halogens is 1. The highest BCUT2D eigenvalue weighted by Gasteiger charge is 2.61. The van der Waals surface area contributed by atoms with Gasteiger partial charge in [0.1, 0.15) is 17.2 Å². The molecule has 132 valence electrons. The summed E-state index contributed by atoms with van der Waals surface area (Å²) in [6.45, 7) is 1.92. The predicted molar refractivity (Wildman–Crippen MR) is 88.3 cm³/mol. The minimum absolute atomic E-state index is 0.0243. The molecule has 1 heterocycles. The van der Waals surface area contributed by atoms with Gasteiger partial charge < -0.3 is 10.1 Å². The molecule has 4 aliphatic carbocycles. The first kappa shape index (κ1) is 16.4. The number of aromatic nitrogens is 2. The lowest BCUT2D eigenvalue weighted by Gasteiger charge is -2.54. The Kier molecular flexibility index (Phi) is 3.79. The molecule has 0 aromatic carbocycles. The van der Waals surface area contributed by atoms with Gasteiger partial charge in [0.05, 0.1) is 18.1 Å². The number of rotatable bonds is 4. The molecule has 1 aromatic heterocycles. The lowest BCUT2D eigenvalue weighted by atomic mass is 9.51. The van der Waals surface area contributed by atoms with E-state index in [-0.39, 0.29) is 40.8 Å². The number of hydrogen-bond acceptors (Lipinski definition) is 7. The Bertz CT molecular complexity index is 783. The van der Waals surface area contributed by atoms with Crippen LogP contribution < -0.4 is 5.32 Å². The molecule has 0 saturated heterocycles. The summed E-state index contributed by atoms with van der Waals surface area (Å²) in [5, 5.41) is 3.14. The summed E-state index contributed by atoms with van der Waals surface area (Å²) in [5.41, 5.74) is -0.718. The van der Waals surface area contributed by atoms with Gasteiger partial charge in [0.2, 0.25) is 5.28 Å². The summed E-state index contributed by atoms with van der Waals surface area (Å²) in [6, 6.07) is 0. The van der Waals surface area contributed by atoms with Gasteiger partial charge >= 0.3 is 5.97 Å². The average molecular weight is 364 g/mol. The van der Waals surface area contributed by atoms with Crippen LogP contribution in [-0.2, 0) is 14.3 Å². The van der Waals surface area contributed by atoms with E-state index in [2.05, 4.69) is 15.3 Å². The number of nitrogens with zero attached hydrogens (tertiary/aromatic N) is 2. The maximum Gasteiger partial charge on any atom is 0.343 e. The number of carbonyl (C=O) groups is 3. The van der Waals surface area contributed by atoms with Crippen molar-refractivity contribution in [1.82, 2.24) is 9.97 Å². The molecule has 1 aromatic rings. The summed E-state index contributed by atoms with van der Waals surface area (Å²) in [7, 11) is 0. The SMILES string of the molecule is CCOC(=O)c1cnc(Cl)nc1NC12CC3CC(C1)C(=O)C(C3)C2=O. The molecular weight excluding hydrogens is 346 g/mol. The molecule has 0 aliphatic heterocycles. The van der Waals surface area contributed by atoms with Crippen LogP contribution in [0.2, 0.25) is 5.28 Å². The fourth-order valence-electron chi connectivity index (χ4n) is 4.67. The number of ketones is 2. The van der Waals surface area contributed by atoms with E-state index in [1.165, 1.54) is 6.20 Å². The zero-order valence-corrected chi connectivity index (χ0v) is 14.5. The molecule has 0 radical (unpaired) electrons. The number of esters is 1. The van der Waals surface area contributed by atoms with Crippen molar-refractivity contribution in [3.63, 3.8) is 0 Å². The van der Waals surface area contributed by atoms with E-state index in [1.807, 2.05) is 0 Å². The van der Waals surface area contributed by atoms with Crippen LogP contribution in [0.25, 0.3) is 0 Å². The van der Waals surface area contributed by atoms with Gasteiger partial charge in [-0.15, -0.1) is 0 Å². The van der Waals surface area contributed by atoms with Gasteiger partial charge in [-0.05, 0) is 50.1 Å². The van der Waals surface area contributed by atoms with E-state index in [0.717, 1.165) is 6.42 Å². The van der Waals surface area contributed by atoms with Gasteiger partial charge in [-0.1, -0.05) is 0 Å². The number of Topliss-reactive ketones (excluding diaryl/α,β-unsaturated/α-hetero) is 2. The number of carbonyl (C=O) groups excluding carboxylic acids is 3. The molecule has 4 atom stereocenters. The Balaban J connectivity index is 1.70. The Morgan fingerprint density at radius 2 is 2.20 bits per heavy atom. The van der Waals surface area contributed by atoms with Crippen LogP contribution >= 0.6 is 11.6 Å². The summed E-state index contributed by atoms with van der Waals surface area (Å²) >= 11 is 5.89. The van der Waals surface area contributed by atoms with Crippen LogP contribution in [-0.4, -0.2) is 39.6 Å². The topological polar surface area (TPSA) is 98.2 Å². The molecule has 25 heavy (non-hydrogen) atoms. The van der Waals surface area contributed by atoms with E-state index >= 15 is 0 Å². The van der Waals surface area contributed by atoms with Gasteiger partial charge in [-0.2, -0.15) is 4.98 Å². The van der Waals surface area contributed by atoms with Crippen LogP contribution in [0.3, 0.4) is 0 Å². The maximum absolute atomic E-state index is 12.9. The molecule has 4 bridgehead atoms. The predicted octanol–water partition coefficient (Wildman–Crippen LogP) is 2.05. The van der Waals surface area contributed by atoms with Crippen LogP contribution in [0.1, 0.15) is 43.0 Å².